The van der Waals surface area contributed by atoms with Crippen LogP contribution >= 0.6 is 0 Å². The molecule has 5 nitrogen and oxygen atoms in total. The molecule has 21 heavy (non-hydrogen) atoms. The number of fused-ring (bicyclic) bond motifs is 1. The molecule has 0 saturated carbocycles. The van der Waals surface area contributed by atoms with Crippen molar-refractivity contribution in [1.82, 2.24) is 9.78 Å². The lowest BCUT2D eigenvalue weighted by atomic mass is 10.1. The van der Waals surface area contributed by atoms with Crippen molar-refractivity contribution in [1.29, 1.82) is 0 Å². The van der Waals surface area contributed by atoms with Gasteiger partial charge in [0.15, 0.2) is 0 Å². The van der Waals surface area contributed by atoms with Gasteiger partial charge in [-0.15, -0.1) is 0 Å². The highest BCUT2D eigenvalue weighted by atomic mass is 32.2. The Morgan fingerprint density at radius 3 is 2.57 bits per heavy atom. The average molecular weight is 302 g/mol. The molecule has 0 atom stereocenters. The molecule has 3 rings (SSSR count). The number of aromatic nitrogens is 2. The third kappa shape index (κ3) is 2.32. The first-order chi connectivity index (χ1) is 9.88. The Balaban J connectivity index is 2.41. The quantitative estimate of drug-likeness (QED) is 0.739. The van der Waals surface area contributed by atoms with Crippen LogP contribution in [0.15, 0.2) is 47.4 Å². The van der Waals surface area contributed by atoms with E-state index in [1.54, 1.807) is 23.9 Å². The van der Waals surface area contributed by atoms with Gasteiger partial charge in [0.1, 0.15) is 10.6 Å². The molecule has 0 saturated heterocycles. The van der Waals surface area contributed by atoms with Gasteiger partial charge in [0.25, 0.3) is 10.1 Å². The topological polar surface area (TPSA) is 72.2 Å². The number of aryl methyl sites for hydroxylation is 2. The van der Waals surface area contributed by atoms with Crippen molar-refractivity contribution in [2.24, 2.45) is 7.05 Å². The van der Waals surface area contributed by atoms with Crippen LogP contribution < -0.4 is 0 Å². The third-order valence-electron chi connectivity index (χ3n) is 3.43. The van der Waals surface area contributed by atoms with Crippen molar-refractivity contribution in [2.45, 2.75) is 11.8 Å². The predicted octanol–water partition coefficient (Wildman–Crippen LogP) is 2.80. The summed E-state index contributed by atoms with van der Waals surface area (Å²) in [5, 5.41) is 5.26. The fraction of sp³-hybridized carbons (Fsp3) is 0.133. The number of nitrogens with zero attached hydrogens (tertiary/aromatic N) is 2. The lowest BCUT2D eigenvalue weighted by molar-refractivity contribution is 0.483. The highest BCUT2D eigenvalue weighted by Gasteiger charge is 2.20. The lowest BCUT2D eigenvalue weighted by Crippen LogP contribution is -2.02. The first kappa shape index (κ1) is 13.8. The smallest absolute Gasteiger partial charge is 0.282 e. The Labute approximate surface area is 122 Å². The largest absolute Gasteiger partial charge is 0.295 e. The zero-order valence-corrected chi connectivity index (χ0v) is 12.4. The summed E-state index contributed by atoms with van der Waals surface area (Å²) in [6.07, 6.45) is 0. The minimum Gasteiger partial charge on any atom is -0.282 e. The SMILES string of the molecule is Cc1ccc(S(=O)(=O)O)c(-c2nn(C)c3ccccc23)c1. The highest BCUT2D eigenvalue weighted by molar-refractivity contribution is 7.86. The minimum atomic E-state index is -4.31. The monoisotopic (exact) mass is 302 g/mol. The van der Waals surface area contributed by atoms with E-state index in [4.69, 9.17) is 0 Å². The fourth-order valence-electron chi connectivity index (χ4n) is 2.47. The van der Waals surface area contributed by atoms with E-state index in [0.29, 0.717) is 11.3 Å². The van der Waals surface area contributed by atoms with Crippen molar-refractivity contribution >= 4 is 21.0 Å². The predicted molar refractivity (Wildman–Crippen MR) is 80.7 cm³/mol. The Hall–Kier alpha value is -2.18. The summed E-state index contributed by atoms with van der Waals surface area (Å²) >= 11 is 0. The van der Waals surface area contributed by atoms with Gasteiger partial charge >= 0.3 is 0 Å². The molecule has 0 aliphatic carbocycles. The van der Waals surface area contributed by atoms with Crippen molar-refractivity contribution in [3.63, 3.8) is 0 Å². The Kier molecular flexibility index (Phi) is 3.07. The molecular formula is C15H14N2O3S. The molecule has 1 N–H and O–H groups in total. The van der Waals surface area contributed by atoms with Gasteiger partial charge in [0.05, 0.1) is 5.52 Å². The van der Waals surface area contributed by atoms with Gasteiger partial charge < -0.3 is 0 Å². The first-order valence-corrected chi connectivity index (χ1v) is 7.82. The molecule has 1 heterocycles. The summed E-state index contributed by atoms with van der Waals surface area (Å²) in [7, 11) is -2.51. The molecule has 0 aliphatic heterocycles. The van der Waals surface area contributed by atoms with Crippen LogP contribution in [-0.4, -0.2) is 22.8 Å². The van der Waals surface area contributed by atoms with Crippen molar-refractivity contribution in [2.75, 3.05) is 0 Å². The summed E-state index contributed by atoms with van der Waals surface area (Å²) in [6, 6.07) is 12.3. The molecule has 1 aromatic heterocycles. The third-order valence-corrected chi connectivity index (χ3v) is 4.34. The molecule has 0 radical (unpaired) electrons. The Morgan fingerprint density at radius 2 is 1.86 bits per heavy atom. The van der Waals surface area contributed by atoms with Crippen LogP contribution in [0, 0.1) is 6.92 Å². The van der Waals surface area contributed by atoms with Crippen molar-refractivity contribution < 1.29 is 13.0 Å². The molecule has 0 aliphatic rings. The number of para-hydroxylation sites is 1. The average Bonchev–Trinajstić information content (AvgIpc) is 2.75. The van der Waals surface area contributed by atoms with E-state index in [1.165, 1.54) is 6.07 Å². The van der Waals surface area contributed by atoms with Crippen LogP contribution in [0.4, 0.5) is 0 Å². The molecule has 0 fully saturated rings. The summed E-state index contributed by atoms with van der Waals surface area (Å²) in [4.78, 5) is -0.128. The van der Waals surface area contributed by atoms with E-state index >= 15 is 0 Å². The highest BCUT2D eigenvalue weighted by Crippen LogP contribution is 2.32. The molecule has 0 unspecified atom stereocenters. The molecule has 0 spiro atoms. The zero-order chi connectivity index (χ0) is 15.2. The second-order valence-electron chi connectivity index (χ2n) is 4.96. The number of rotatable bonds is 2. The molecule has 3 aromatic rings. The Morgan fingerprint density at radius 1 is 1.14 bits per heavy atom. The molecule has 108 valence electrons. The minimum absolute atomic E-state index is 0.128. The summed E-state index contributed by atoms with van der Waals surface area (Å²) < 4.78 is 34.3. The lowest BCUT2D eigenvalue weighted by Gasteiger charge is -2.06. The molecule has 0 amide bonds. The second-order valence-corrected chi connectivity index (χ2v) is 6.35. The number of hydrogen-bond donors (Lipinski definition) is 1. The molecule has 2 aromatic carbocycles. The van der Waals surface area contributed by atoms with E-state index in [9.17, 15) is 13.0 Å². The van der Waals surface area contributed by atoms with Gasteiger partial charge in [0.2, 0.25) is 0 Å². The van der Waals surface area contributed by atoms with Gasteiger partial charge in [-0.05, 0) is 25.1 Å². The van der Waals surface area contributed by atoms with Crippen LogP contribution in [0.2, 0.25) is 0 Å². The summed E-state index contributed by atoms with van der Waals surface area (Å²) in [5.74, 6) is 0. The van der Waals surface area contributed by atoms with Crippen LogP contribution in [-0.2, 0) is 17.2 Å². The van der Waals surface area contributed by atoms with Crippen molar-refractivity contribution in [3.8, 4) is 11.3 Å². The maximum atomic E-state index is 11.6. The van der Waals surface area contributed by atoms with Gasteiger partial charge in [-0.1, -0.05) is 29.8 Å². The molecule has 0 bridgehead atoms. The van der Waals surface area contributed by atoms with Crippen LogP contribution in [0.1, 0.15) is 5.56 Å². The number of benzene rings is 2. The fourth-order valence-corrected chi connectivity index (χ4v) is 3.14. The Bertz CT molecular complexity index is 943. The maximum absolute atomic E-state index is 11.6. The van der Waals surface area contributed by atoms with Crippen molar-refractivity contribution in [3.05, 3.63) is 48.0 Å². The summed E-state index contributed by atoms with van der Waals surface area (Å²) in [6.45, 7) is 1.86. The standard InChI is InChI=1S/C15H14N2O3S/c1-10-7-8-14(21(18,19)20)12(9-10)15-11-5-3-4-6-13(11)17(2)16-15/h3-9H,1-2H3,(H,18,19,20). The van der Waals surface area contributed by atoms with Gasteiger partial charge in [-0.3, -0.25) is 9.23 Å². The van der Waals surface area contributed by atoms with E-state index in [1.807, 2.05) is 31.2 Å². The van der Waals surface area contributed by atoms with Gasteiger partial charge in [-0.25, -0.2) is 0 Å². The first-order valence-electron chi connectivity index (χ1n) is 6.38. The van der Waals surface area contributed by atoms with E-state index < -0.39 is 10.1 Å². The molecule has 6 heteroatoms. The van der Waals surface area contributed by atoms with Gasteiger partial charge in [0, 0.05) is 18.0 Å². The second kappa shape index (κ2) is 4.68. The van der Waals surface area contributed by atoms with Gasteiger partial charge in [-0.2, -0.15) is 13.5 Å². The molecular weight excluding hydrogens is 288 g/mol. The summed E-state index contributed by atoms with van der Waals surface area (Å²) in [5.41, 5.74) is 2.75. The number of hydrogen-bond acceptors (Lipinski definition) is 3. The van der Waals surface area contributed by atoms with Crippen LogP contribution in [0.3, 0.4) is 0 Å². The zero-order valence-electron chi connectivity index (χ0n) is 11.6. The van der Waals surface area contributed by atoms with E-state index in [0.717, 1.165) is 16.5 Å². The maximum Gasteiger partial charge on any atom is 0.295 e. The van der Waals surface area contributed by atoms with E-state index in [2.05, 4.69) is 5.10 Å². The van der Waals surface area contributed by atoms with Crippen LogP contribution in [0.25, 0.3) is 22.2 Å². The van der Waals surface area contributed by atoms with Crippen LogP contribution in [0.5, 0.6) is 0 Å². The normalized spacial score (nSPS) is 12.0. The van der Waals surface area contributed by atoms with E-state index in [-0.39, 0.29) is 4.90 Å².